The van der Waals surface area contributed by atoms with E-state index in [4.69, 9.17) is 11.6 Å². The van der Waals surface area contributed by atoms with E-state index in [-0.39, 0.29) is 18.4 Å². The van der Waals surface area contributed by atoms with Gasteiger partial charge in [-0.1, -0.05) is 54.1 Å². The molecule has 1 N–H and O–H groups in total. The lowest BCUT2D eigenvalue weighted by atomic mass is 10.1. The zero-order chi connectivity index (χ0) is 13.9. The Bertz CT molecular complexity index is 628. The third-order valence-electron chi connectivity index (χ3n) is 3.52. The Hall–Kier alpha value is -1.71. The Morgan fingerprint density at radius 1 is 1.10 bits per heavy atom. The first-order chi connectivity index (χ1) is 9.75. The molecule has 1 atom stereocenters. The summed E-state index contributed by atoms with van der Waals surface area (Å²) in [6, 6.07) is 18.4. The first-order valence-electron chi connectivity index (χ1n) is 6.59. The zero-order valence-electron chi connectivity index (χ0n) is 11.7. The lowest BCUT2D eigenvalue weighted by Gasteiger charge is -2.24. The molecule has 3 rings (SSSR count). The number of benzene rings is 2. The molecule has 0 fully saturated rings. The number of guanidine groups is 1. The van der Waals surface area contributed by atoms with E-state index in [0.29, 0.717) is 5.02 Å². The minimum atomic E-state index is 0. The maximum Gasteiger partial charge on any atom is 0.198 e. The predicted octanol–water partition coefficient (Wildman–Crippen LogP) is 4.22. The highest BCUT2D eigenvalue weighted by Gasteiger charge is 2.25. The van der Waals surface area contributed by atoms with E-state index in [9.17, 15) is 0 Å². The topological polar surface area (TPSA) is 27.6 Å². The van der Waals surface area contributed by atoms with Crippen LogP contribution >= 0.6 is 24.0 Å². The van der Waals surface area contributed by atoms with Gasteiger partial charge in [0, 0.05) is 7.05 Å². The molecular formula is C16H17Cl2N3. The standard InChI is InChI=1S/C16H16ClN3.ClH/c1-20-15(12-7-3-2-4-8-12)11-18-16(20)19-14-10-6-5-9-13(14)17;/h2-10,15H,11H2,1H3,(H,18,19);1H. The van der Waals surface area contributed by atoms with Crippen molar-refractivity contribution in [1.82, 2.24) is 4.90 Å². The van der Waals surface area contributed by atoms with Gasteiger partial charge in [0.1, 0.15) is 0 Å². The van der Waals surface area contributed by atoms with Crippen LogP contribution in [-0.4, -0.2) is 24.5 Å². The van der Waals surface area contributed by atoms with Crippen LogP contribution in [0, 0.1) is 0 Å². The van der Waals surface area contributed by atoms with Gasteiger partial charge < -0.3 is 10.2 Å². The fourth-order valence-electron chi connectivity index (χ4n) is 2.37. The van der Waals surface area contributed by atoms with Crippen LogP contribution < -0.4 is 5.32 Å². The maximum atomic E-state index is 6.17. The molecule has 0 saturated heterocycles. The molecule has 1 aliphatic heterocycles. The lowest BCUT2D eigenvalue weighted by molar-refractivity contribution is 0.416. The van der Waals surface area contributed by atoms with Gasteiger partial charge in [0.15, 0.2) is 5.96 Å². The largest absolute Gasteiger partial charge is 0.337 e. The highest BCUT2D eigenvalue weighted by Crippen LogP contribution is 2.27. The number of anilines is 1. The smallest absolute Gasteiger partial charge is 0.198 e. The first-order valence-corrected chi connectivity index (χ1v) is 6.97. The third-order valence-corrected chi connectivity index (χ3v) is 3.85. The number of nitrogens with one attached hydrogen (secondary N) is 1. The fraction of sp³-hybridized carbons (Fsp3) is 0.188. The molecular weight excluding hydrogens is 305 g/mol. The van der Waals surface area contributed by atoms with Crippen molar-refractivity contribution in [2.24, 2.45) is 4.99 Å². The Morgan fingerprint density at radius 2 is 1.76 bits per heavy atom. The molecule has 2 aromatic carbocycles. The molecule has 1 unspecified atom stereocenters. The van der Waals surface area contributed by atoms with Crippen molar-refractivity contribution in [3.63, 3.8) is 0 Å². The summed E-state index contributed by atoms with van der Waals surface area (Å²) in [7, 11) is 2.05. The predicted molar refractivity (Wildman–Crippen MR) is 91.6 cm³/mol. The number of likely N-dealkylation sites (N-methyl/N-ethyl adjacent to an activating group) is 1. The molecule has 0 amide bonds. The Kier molecular flexibility index (Phi) is 5.10. The quantitative estimate of drug-likeness (QED) is 0.896. The van der Waals surface area contributed by atoms with Crippen LogP contribution in [0.3, 0.4) is 0 Å². The molecule has 2 aromatic rings. The molecule has 5 heteroatoms. The minimum Gasteiger partial charge on any atom is -0.337 e. The summed E-state index contributed by atoms with van der Waals surface area (Å²) in [5.41, 5.74) is 2.16. The number of rotatable bonds is 2. The SMILES string of the molecule is CN1C(Nc2ccccc2Cl)=NCC1c1ccccc1.Cl. The van der Waals surface area contributed by atoms with Crippen LogP contribution in [0.5, 0.6) is 0 Å². The summed E-state index contributed by atoms with van der Waals surface area (Å²) in [5, 5.41) is 4.00. The number of halogens is 2. The summed E-state index contributed by atoms with van der Waals surface area (Å²) >= 11 is 6.17. The van der Waals surface area contributed by atoms with Crippen LogP contribution in [0.2, 0.25) is 5.02 Å². The summed E-state index contributed by atoms with van der Waals surface area (Å²) in [6.45, 7) is 0.757. The Balaban J connectivity index is 0.00000161. The Labute approximate surface area is 136 Å². The van der Waals surface area contributed by atoms with E-state index in [1.165, 1.54) is 5.56 Å². The zero-order valence-corrected chi connectivity index (χ0v) is 13.2. The van der Waals surface area contributed by atoms with Gasteiger partial charge in [0.25, 0.3) is 0 Å². The van der Waals surface area contributed by atoms with Gasteiger partial charge in [-0.15, -0.1) is 12.4 Å². The van der Waals surface area contributed by atoms with Gasteiger partial charge in [-0.3, -0.25) is 4.99 Å². The summed E-state index contributed by atoms with van der Waals surface area (Å²) in [6.07, 6.45) is 0. The van der Waals surface area contributed by atoms with Crippen molar-refractivity contribution < 1.29 is 0 Å². The minimum absolute atomic E-state index is 0. The normalized spacial score (nSPS) is 17.1. The molecule has 3 nitrogen and oxygen atoms in total. The van der Waals surface area contributed by atoms with Crippen LogP contribution in [0.15, 0.2) is 59.6 Å². The van der Waals surface area contributed by atoms with Gasteiger partial charge in [-0.05, 0) is 17.7 Å². The van der Waals surface area contributed by atoms with Gasteiger partial charge in [0.2, 0.25) is 0 Å². The van der Waals surface area contributed by atoms with Crippen molar-refractivity contribution >= 4 is 35.7 Å². The number of para-hydroxylation sites is 1. The molecule has 1 aliphatic rings. The van der Waals surface area contributed by atoms with E-state index in [0.717, 1.165) is 18.2 Å². The van der Waals surface area contributed by atoms with E-state index < -0.39 is 0 Å². The number of aliphatic imine (C=N–C) groups is 1. The number of nitrogens with zero attached hydrogens (tertiary/aromatic N) is 2. The highest BCUT2D eigenvalue weighted by atomic mass is 35.5. The second-order valence-corrected chi connectivity index (χ2v) is 5.21. The average Bonchev–Trinajstić information content (AvgIpc) is 2.84. The van der Waals surface area contributed by atoms with Crippen molar-refractivity contribution in [1.29, 1.82) is 0 Å². The molecule has 110 valence electrons. The number of hydrogen-bond acceptors (Lipinski definition) is 3. The van der Waals surface area contributed by atoms with Crippen LogP contribution in [0.1, 0.15) is 11.6 Å². The summed E-state index contributed by atoms with van der Waals surface area (Å²) < 4.78 is 0. The fourth-order valence-corrected chi connectivity index (χ4v) is 2.55. The molecule has 0 radical (unpaired) electrons. The van der Waals surface area contributed by atoms with Crippen LogP contribution in [-0.2, 0) is 0 Å². The maximum absolute atomic E-state index is 6.17. The molecule has 0 bridgehead atoms. The molecule has 0 aromatic heterocycles. The van der Waals surface area contributed by atoms with Crippen molar-refractivity contribution in [3.8, 4) is 0 Å². The van der Waals surface area contributed by atoms with Crippen molar-refractivity contribution in [2.45, 2.75) is 6.04 Å². The second-order valence-electron chi connectivity index (χ2n) is 4.81. The van der Waals surface area contributed by atoms with Gasteiger partial charge in [-0.25, -0.2) is 0 Å². The van der Waals surface area contributed by atoms with Gasteiger partial charge >= 0.3 is 0 Å². The van der Waals surface area contributed by atoms with E-state index in [1.54, 1.807) is 0 Å². The second kappa shape index (κ2) is 6.83. The Morgan fingerprint density at radius 3 is 2.48 bits per heavy atom. The summed E-state index contributed by atoms with van der Waals surface area (Å²) in [5.74, 6) is 0.854. The van der Waals surface area contributed by atoms with E-state index >= 15 is 0 Å². The van der Waals surface area contributed by atoms with Crippen molar-refractivity contribution in [3.05, 3.63) is 65.2 Å². The average molecular weight is 322 g/mol. The van der Waals surface area contributed by atoms with Gasteiger partial charge in [0.05, 0.1) is 23.3 Å². The lowest BCUT2D eigenvalue weighted by Crippen LogP contribution is -2.31. The number of hydrogen-bond donors (Lipinski definition) is 1. The molecule has 1 heterocycles. The van der Waals surface area contributed by atoms with E-state index in [1.807, 2.05) is 37.4 Å². The first kappa shape index (κ1) is 15.7. The van der Waals surface area contributed by atoms with Crippen LogP contribution in [0.4, 0.5) is 5.69 Å². The monoisotopic (exact) mass is 321 g/mol. The highest BCUT2D eigenvalue weighted by molar-refractivity contribution is 6.33. The molecule has 0 saturated carbocycles. The van der Waals surface area contributed by atoms with Gasteiger partial charge in [-0.2, -0.15) is 0 Å². The summed E-state index contributed by atoms with van der Waals surface area (Å²) in [4.78, 5) is 6.74. The van der Waals surface area contributed by atoms with Crippen molar-refractivity contribution in [2.75, 3.05) is 18.9 Å². The van der Waals surface area contributed by atoms with E-state index in [2.05, 4.69) is 39.5 Å². The molecule has 21 heavy (non-hydrogen) atoms. The van der Waals surface area contributed by atoms with Crippen LogP contribution in [0.25, 0.3) is 0 Å². The molecule has 0 aliphatic carbocycles. The molecule has 0 spiro atoms. The third kappa shape index (κ3) is 3.31.